The Morgan fingerprint density at radius 2 is 1.65 bits per heavy atom. The molecule has 12 nitrogen and oxygen atoms in total. The molecule has 2 aliphatic rings. The van der Waals surface area contributed by atoms with Crippen LogP contribution >= 0.6 is 0 Å². The van der Waals surface area contributed by atoms with Gasteiger partial charge in [0.1, 0.15) is 6.54 Å². The molecule has 0 amide bonds. The molecule has 3 heterocycles. The molecule has 2 atom stereocenters. The Balaban J connectivity index is 1.05. The van der Waals surface area contributed by atoms with Crippen LogP contribution in [0.1, 0.15) is 18.4 Å². The number of aromatic nitrogens is 2. The van der Waals surface area contributed by atoms with E-state index in [0.717, 1.165) is 62.0 Å². The third-order valence-electron chi connectivity index (χ3n) is 9.93. The molecule has 0 saturated carbocycles. The van der Waals surface area contributed by atoms with Gasteiger partial charge in [0.05, 0.1) is 67.9 Å². The van der Waals surface area contributed by atoms with Gasteiger partial charge in [-0.1, -0.05) is 60.7 Å². The van der Waals surface area contributed by atoms with E-state index >= 15 is 0 Å². The fraction of sp³-hybridized carbons (Fsp3) is 0.371. The zero-order valence-corrected chi connectivity index (χ0v) is 27.6. The first-order valence-electron chi connectivity index (χ1n) is 16.7. The highest BCUT2D eigenvalue weighted by Gasteiger charge is 2.33. The van der Waals surface area contributed by atoms with Gasteiger partial charge in [-0.15, -0.1) is 0 Å². The third kappa shape index (κ3) is 6.90. The quantitative estimate of drug-likeness (QED) is 0.162. The minimum atomic E-state index is -3.73. The third-order valence-corrected chi connectivity index (χ3v) is 11.8. The number of sulfonamides is 1. The molecule has 2 N–H and O–H groups in total. The van der Waals surface area contributed by atoms with Crippen molar-refractivity contribution in [2.45, 2.75) is 24.3 Å². The van der Waals surface area contributed by atoms with Crippen molar-refractivity contribution in [1.29, 1.82) is 0 Å². The summed E-state index contributed by atoms with van der Waals surface area (Å²) in [6, 6.07) is 27.0. The Morgan fingerprint density at radius 1 is 0.896 bits per heavy atom. The highest BCUT2D eigenvalue weighted by molar-refractivity contribution is 7.89. The maximum absolute atomic E-state index is 14.3. The number of nitro benzene ring substituents is 1. The van der Waals surface area contributed by atoms with E-state index in [2.05, 4.69) is 39.5 Å². The van der Waals surface area contributed by atoms with Crippen LogP contribution in [0, 0.1) is 16.0 Å². The molecule has 48 heavy (non-hydrogen) atoms. The van der Waals surface area contributed by atoms with Crippen LogP contribution in [0.25, 0.3) is 21.8 Å². The lowest BCUT2D eigenvalue weighted by molar-refractivity contribution is -0.922. The zero-order chi connectivity index (χ0) is 33.1. The number of nitrogens with one attached hydrogen (secondary N) is 2. The van der Waals surface area contributed by atoms with E-state index in [4.69, 9.17) is 4.63 Å². The number of hydrogen-bond acceptors (Lipinski definition) is 8. The van der Waals surface area contributed by atoms with Gasteiger partial charge in [0.25, 0.3) is 0 Å². The van der Waals surface area contributed by atoms with Crippen LogP contribution < -0.4 is 14.7 Å². The molecule has 5 aromatic rings. The van der Waals surface area contributed by atoms with Gasteiger partial charge < -0.3 is 14.7 Å². The normalized spacial score (nSPS) is 19.3. The average molecular weight is 672 g/mol. The molecule has 0 aliphatic carbocycles. The Morgan fingerprint density at radius 3 is 2.44 bits per heavy atom. The summed E-state index contributed by atoms with van der Waals surface area (Å²) in [5, 5.41) is 21.1. The number of non-ortho nitro benzene ring substituents is 1. The molecule has 0 bridgehead atoms. The largest absolute Gasteiger partial charge is 0.358 e. The first kappa shape index (κ1) is 32.1. The average Bonchev–Trinajstić information content (AvgIpc) is 3.60. The SMILES string of the molecule is O=[N+]([O-])c1ccc(N2CC[NH+](CCN(C[C@H]3CCC[NH+](Cc4ccccc4)C3)S(=O)(=O)c3ccc4ccccc4c3)CC2)c2nonc12. The van der Waals surface area contributed by atoms with Gasteiger partial charge in [-0.3, -0.25) is 10.1 Å². The summed E-state index contributed by atoms with van der Waals surface area (Å²) >= 11 is 0. The molecular weight excluding hydrogens is 630 g/mol. The highest BCUT2D eigenvalue weighted by atomic mass is 32.2. The van der Waals surface area contributed by atoms with Crippen molar-refractivity contribution in [1.82, 2.24) is 14.6 Å². The monoisotopic (exact) mass is 671 g/mol. The Kier molecular flexibility index (Phi) is 9.35. The summed E-state index contributed by atoms with van der Waals surface area (Å²) in [4.78, 5) is 16.3. The van der Waals surface area contributed by atoms with Gasteiger partial charge in [0.2, 0.25) is 15.5 Å². The number of fused-ring (bicyclic) bond motifs is 2. The maximum atomic E-state index is 14.3. The van der Waals surface area contributed by atoms with Crippen molar-refractivity contribution in [3.8, 4) is 0 Å². The lowest BCUT2D eigenvalue weighted by Gasteiger charge is -2.36. The minimum absolute atomic E-state index is 0.130. The summed E-state index contributed by atoms with van der Waals surface area (Å²) in [6.07, 6.45) is 2.11. The van der Waals surface area contributed by atoms with Crippen molar-refractivity contribution < 1.29 is 27.8 Å². The van der Waals surface area contributed by atoms with Crippen molar-refractivity contribution in [3.05, 3.63) is 101 Å². The topological polar surface area (TPSA) is 132 Å². The second kappa shape index (κ2) is 14.0. The number of hydrogen-bond donors (Lipinski definition) is 2. The first-order chi connectivity index (χ1) is 23.3. The summed E-state index contributed by atoms with van der Waals surface area (Å²) < 4.78 is 35.3. The van der Waals surface area contributed by atoms with Gasteiger partial charge in [0, 0.05) is 24.1 Å². The van der Waals surface area contributed by atoms with E-state index in [1.807, 2.05) is 36.4 Å². The van der Waals surface area contributed by atoms with Gasteiger partial charge in [0.15, 0.2) is 5.52 Å². The molecule has 4 aromatic carbocycles. The van der Waals surface area contributed by atoms with Crippen LogP contribution in [0.2, 0.25) is 0 Å². The lowest BCUT2D eigenvalue weighted by atomic mass is 9.97. The van der Waals surface area contributed by atoms with Crippen LogP contribution in [0.5, 0.6) is 0 Å². The number of piperidine rings is 1. The molecule has 7 rings (SSSR count). The summed E-state index contributed by atoms with van der Waals surface area (Å²) in [6.45, 7) is 7.63. The predicted octanol–water partition coefficient (Wildman–Crippen LogP) is 2.18. The summed E-state index contributed by atoms with van der Waals surface area (Å²) in [5.41, 5.74) is 2.47. The molecule has 1 aromatic heterocycles. The number of quaternary nitrogens is 2. The zero-order valence-electron chi connectivity index (χ0n) is 26.8. The molecule has 2 aliphatic heterocycles. The van der Waals surface area contributed by atoms with Crippen molar-refractivity contribution in [2.24, 2.45) is 5.92 Å². The van der Waals surface area contributed by atoms with E-state index in [9.17, 15) is 18.5 Å². The Labute approximate surface area is 279 Å². The molecule has 1 unspecified atom stereocenters. The number of benzene rings is 4. The Hall–Kier alpha value is -4.43. The minimum Gasteiger partial charge on any atom is -0.358 e. The van der Waals surface area contributed by atoms with E-state index < -0.39 is 14.9 Å². The molecule has 250 valence electrons. The number of likely N-dealkylation sites (tertiary alicyclic amines) is 1. The lowest BCUT2D eigenvalue weighted by Crippen LogP contribution is -3.15. The molecule has 0 spiro atoms. The smallest absolute Gasteiger partial charge is 0.300 e. The van der Waals surface area contributed by atoms with Crippen molar-refractivity contribution in [3.63, 3.8) is 0 Å². The molecule has 2 fully saturated rings. The van der Waals surface area contributed by atoms with Gasteiger partial charge in [-0.2, -0.15) is 4.31 Å². The molecular formula is C35H41N7O5S+2. The number of nitrogens with zero attached hydrogens (tertiary/aromatic N) is 5. The van der Waals surface area contributed by atoms with Gasteiger partial charge in [-0.25, -0.2) is 13.0 Å². The fourth-order valence-corrected chi connectivity index (χ4v) is 8.92. The first-order valence-corrected chi connectivity index (χ1v) is 18.1. The number of piperazine rings is 1. The van der Waals surface area contributed by atoms with Crippen LogP contribution in [0.3, 0.4) is 0 Å². The summed E-state index contributed by atoms with van der Waals surface area (Å²) in [5.74, 6) is 0.278. The maximum Gasteiger partial charge on any atom is 0.300 e. The number of anilines is 1. The standard InChI is InChI=1S/C35H39N7O5S/c43-42(44)33-15-14-32(34-35(33)37-47-36-34)40-20-17-38(18-21-40)19-22-41(48(45,46)31-13-12-29-10-4-5-11-30(29)23-31)26-28-9-6-16-39(25-28)24-27-7-2-1-3-8-27/h1-5,7-8,10-15,23,28H,6,9,16-22,24-26H2/p+2/t28-/m0/s1. The van der Waals surface area contributed by atoms with E-state index in [0.29, 0.717) is 43.1 Å². The van der Waals surface area contributed by atoms with Crippen molar-refractivity contribution in [2.75, 3.05) is 63.8 Å². The van der Waals surface area contributed by atoms with Gasteiger partial charge in [-0.05, 0) is 52.1 Å². The fourth-order valence-electron chi connectivity index (χ4n) is 7.37. The van der Waals surface area contributed by atoms with Gasteiger partial charge >= 0.3 is 5.69 Å². The van der Waals surface area contributed by atoms with Crippen LogP contribution in [-0.4, -0.2) is 86.9 Å². The predicted molar refractivity (Wildman–Crippen MR) is 183 cm³/mol. The van der Waals surface area contributed by atoms with Crippen LogP contribution in [0.4, 0.5) is 11.4 Å². The second-order valence-corrected chi connectivity index (χ2v) is 15.0. The number of nitro groups is 1. The second-order valence-electron chi connectivity index (χ2n) is 13.1. The van der Waals surface area contributed by atoms with E-state index in [1.54, 1.807) is 22.5 Å². The summed E-state index contributed by atoms with van der Waals surface area (Å²) in [7, 11) is -3.73. The number of rotatable bonds is 11. The Bertz CT molecular complexity index is 2000. The van der Waals surface area contributed by atoms with Crippen molar-refractivity contribution >= 4 is 43.2 Å². The van der Waals surface area contributed by atoms with Crippen LogP contribution in [-0.2, 0) is 16.6 Å². The van der Waals surface area contributed by atoms with E-state index in [1.165, 1.54) is 21.4 Å². The van der Waals surface area contributed by atoms with Crippen LogP contribution in [0.15, 0.2) is 94.5 Å². The molecule has 2 saturated heterocycles. The van der Waals surface area contributed by atoms with E-state index in [-0.39, 0.29) is 17.1 Å². The molecule has 13 heteroatoms. The molecule has 0 radical (unpaired) electrons. The highest BCUT2D eigenvalue weighted by Crippen LogP contribution is 2.31.